The Morgan fingerprint density at radius 3 is 2.77 bits per heavy atom. The van der Waals surface area contributed by atoms with Crippen LogP contribution in [0.5, 0.6) is 0 Å². The van der Waals surface area contributed by atoms with E-state index < -0.39 is 0 Å². The molecular weight excluding hydrogens is 355 g/mol. The molecule has 0 spiro atoms. The van der Waals surface area contributed by atoms with Crippen LogP contribution in [0.15, 0.2) is 52.9 Å². The van der Waals surface area contributed by atoms with Gasteiger partial charge in [0, 0.05) is 22.5 Å². The van der Waals surface area contributed by atoms with E-state index in [0.29, 0.717) is 16.3 Å². The molecule has 26 heavy (non-hydrogen) atoms. The average molecular weight is 375 g/mol. The molecule has 1 amide bonds. The van der Waals surface area contributed by atoms with E-state index in [1.54, 1.807) is 24.1 Å². The summed E-state index contributed by atoms with van der Waals surface area (Å²) < 4.78 is 19.6. The second-order valence-electron chi connectivity index (χ2n) is 6.35. The lowest BCUT2D eigenvalue weighted by molar-refractivity contribution is -0.122. The van der Waals surface area contributed by atoms with Crippen LogP contribution >= 0.6 is 11.6 Å². The van der Waals surface area contributed by atoms with E-state index in [4.69, 9.17) is 16.0 Å². The summed E-state index contributed by atoms with van der Waals surface area (Å²) in [6.07, 6.45) is 0. The van der Waals surface area contributed by atoms with E-state index in [9.17, 15) is 9.18 Å². The molecule has 1 unspecified atom stereocenters. The van der Waals surface area contributed by atoms with Gasteiger partial charge in [-0.1, -0.05) is 35.9 Å². The number of carbonyl (C=O) groups excluding carboxylic acids is 1. The first-order valence-corrected chi connectivity index (χ1v) is 8.71. The maximum Gasteiger partial charge on any atom is 0.234 e. The summed E-state index contributed by atoms with van der Waals surface area (Å²) in [6, 6.07) is 13.9. The number of fused-ring (bicyclic) bond motifs is 1. The predicted molar refractivity (Wildman–Crippen MR) is 101 cm³/mol. The van der Waals surface area contributed by atoms with Gasteiger partial charge in [0.05, 0.1) is 12.6 Å². The van der Waals surface area contributed by atoms with Crippen molar-refractivity contribution < 1.29 is 13.6 Å². The topological polar surface area (TPSA) is 45.5 Å². The van der Waals surface area contributed by atoms with Gasteiger partial charge >= 0.3 is 0 Å². The molecule has 0 saturated carbocycles. The minimum atomic E-state index is -0.375. The Labute approximate surface area is 156 Å². The molecular formula is C20H20ClFN2O2. The van der Waals surface area contributed by atoms with E-state index in [2.05, 4.69) is 5.32 Å². The van der Waals surface area contributed by atoms with Crippen molar-refractivity contribution in [3.8, 4) is 0 Å². The van der Waals surface area contributed by atoms with E-state index in [1.807, 2.05) is 37.3 Å². The molecule has 1 N–H and O–H groups in total. The summed E-state index contributed by atoms with van der Waals surface area (Å²) >= 11 is 6.03. The molecule has 0 aliphatic carbocycles. The quantitative estimate of drug-likeness (QED) is 0.689. The normalized spacial score (nSPS) is 12.5. The first kappa shape index (κ1) is 18.4. The molecule has 1 atom stereocenters. The smallest absolute Gasteiger partial charge is 0.234 e. The summed E-state index contributed by atoms with van der Waals surface area (Å²) in [6.45, 7) is 2.23. The van der Waals surface area contributed by atoms with Gasteiger partial charge in [0.2, 0.25) is 5.91 Å². The summed E-state index contributed by atoms with van der Waals surface area (Å²) in [4.78, 5) is 14.0. The van der Waals surface area contributed by atoms with Gasteiger partial charge in [0.15, 0.2) is 0 Å². The Kier molecular flexibility index (Phi) is 5.59. The maximum absolute atomic E-state index is 13.9. The number of nitrogens with zero attached hydrogens (tertiary/aromatic N) is 1. The summed E-state index contributed by atoms with van der Waals surface area (Å²) in [5, 5.41) is 4.25. The third-order valence-corrected chi connectivity index (χ3v) is 4.51. The van der Waals surface area contributed by atoms with Gasteiger partial charge < -0.3 is 9.73 Å². The Bertz CT molecular complexity index is 872. The Morgan fingerprint density at radius 1 is 1.27 bits per heavy atom. The zero-order valence-electron chi connectivity index (χ0n) is 14.6. The molecule has 136 valence electrons. The van der Waals surface area contributed by atoms with E-state index in [-0.39, 0.29) is 30.9 Å². The number of likely N-dealkylation sites (N-methyl/N-ethyl adjacent to an activating group) is 1. The molecule has 0 fully saturated rings. The summed E-state index contributed by atoms with van der Waals surface area (Å²) in [5.41, 5.74) is 1.17. The number of nitrogens with one attached hydrogen (secondary N) is 1. The van der Waals surface area contributed by atoms with E-state index >= 15 is 0 Å². The van der Waals surface area contributed by atoms with Crippen molar-refractivity contribution >= 4 is 28.5 Å². The van der Waals surface area contributed by atoms with Crippen molar-refractivity contribution in [2.75, 3.05) is 13.6 Å². The third-order valence-electron chi connectivity index (χ3n) is 4.15. The average Bonchev–Trinajstić information content (AvgIpc) is 3.02. The summed E-state index contributed by atoms with van der Waals surface area (Å²) in [7, 11) is 1.74. The molecule has 0 aliphatic rings. The van der Waals surface area contributed by atoms with Crippen molar-refractivity contribution in [2.24, 2.45) is 0 Å². The number of amides is 1. The molecule has 6 heteroatoms. The highest BCUT2D eigenvalue weighted by molar-refractivity contribution is 6.31. The molecule has 0 radical (unpaired) electrons. The first-order valence-electron chi connectivity index (χ1n) is 8.33. The molecule has 4 nitrogen and oxygen atoms in total. The number of benzene rings is 2. The van der Waals surface area contributed by atoms with Gasteiger partial charge in [-0.3, -0.25) is 9.69 Å². The third kappa shape index (κ3) is 4.23. The fourth-order valence-electron chi connectivity index (χ4n) is 2.83. The minimum absolute atomic E-state index is 0.120. The Balaban J connectivity index is 1.59. The lowest BCUT2D eigenvalue weighted by atomic mass is 10.2. The van der Waals surface area contributed by atoms with Crippen molar-refractivity contribution in [1.82, 2.24) is 10.2 Å². The SMILES string of the molecule is CC(NC(=O)CN(C)Cc1c(F)cccc1Cl)c1cc2ccccc2o1. The van der Waals surface area contributed by atoms with Crippen LogP contribution in [0.3, 0.4) is 0 Å². The fraction of sp³-hybridized carbons (Fsp3) is 0.250. The molecule has 1 aromatic heterocycles. The highest BCUT2D eigenvalue weighted by atomic mass is 35.5. The van der Waals surface area contributed by atoms with E-state index in [1.165, 1.54) is 6.07 Å². The van der Waals surface area contributed by atoms with Crippen LogP contribution in [0.1, 0.15) is 24.3 Å². The Morgan fingerprint density at radius 2 is 2.04 bits per heavy atom. The second-order valence-corrected chi connectivity index (χ2v) is 6.76. The van der Waals surface area contributed by atoms with Gasteiger partial charge in [0.1, 0.15) is 17.2 Å². The molecule has 3 aromatic rings. The zero-order chi connectivity index (χ0) is 18.7. The van der Waals surface area contributed by atoms with Gasteiger partial charge in [-0.05, 0) is 38.2 Å². The lowest BCUT2D eigenvalue weighted by Gasteiger charge is -2.19. The number of hydrogen-bond acceptors (Lipinski definition) is 3. The van der Waals surface area contributed by atoms with Crippen LogP contribution in [-0.4, -0.2) is 24.4 Å². The van der Waals surface area contributed by atoms with Crippen molar-refractivity contribution in [1.29, 1.82) is 0 Å². The minimum Gasteiger partial charge on any atom is -0.459 e. The van der Waals surface area contributed by atoms with Crippen molar-refractivity contribution in [3.05, 3.63) is 70.7 Å². The largest absolute Gasteiger partial charge is 0.459 e. The van der Waals surface area contributed by atoms with Gasteiger partial charge in [-0.2, -0.15) is 0 Å². The van der Waals surface area contributed by atoms with Gasteiger partial charge in [0.25, 0.3) is 0 Å². The van der Waals surface area contributed by atoms with Gasteiger partial charge in [-0.25, -0.2) is 4.39 Å². The number of carbonyl (C=O) groups is 1. The fourth-order valence-corrected chi connectivity index (χ4v) is 3.05. The first-order chi connectivity index (χ1) is 12.4. The van der Waals surface area contributed by atoms with Crippen LogP contribution in [0, 0.1) is 5.82 Å². The molecule has 0 aliphatic heterocycles. The van der Waals surface area contributed by atoms with Crippen LogP contribution in [-0.2, 0) is 11.3 Å². The van der Waals surface area contributed by atoms with Crippen LogP contribution in [0.2, 0.25) is 5.02 Å². The van der Waals surface area contributed by atoms with Crippen molar-refractivity contribution in [3.63, 3.8) is 0 Å². The van der Waals surface area contributed by atoms with E-state index in [0.717, 1.165) is 11.0 Å². The van der Waals surface area contributed by atoms with Gasteiger partial charge in [-0.15, -0.1) is 0 Å². The summed E-state index contributed by atoms with van der Waals surface area (Å²) in [5.74, 6) is 0.146. The monoisotopic (exact) mass is 374 g/mol. The molecule has 0 bridgehead atoms. The number of hydrogen-bond donors (Lipinski definition) is 1. The molecule has 3 rings (SSSR count). The molecule has 0 saturated heterocycles. The number of halogens is 2. The highest BCUT2D eigenvalue weighted by Crippen LogP contribution is 2.23. The second kappa shape index (κ2) is 7.89. The number of rotatable bonds is 6. The highest BCUT2D eigenvalue weighted by Gasteiger charge is 2.16. The molecule has 2 aromatic carbocycles. The number of para-hydroxylation sites is 1. The zero-order valence-corrected chi connectivity index (χ0v) is 15.4. The maximum atomic E-state index is 13.9. The predicted octanol–water partition coefficient (Wildman–Crippen LogP) is 4.53. The van der Waals surface area contributed by atoms with Crippen LogP contribution in [0.4, 0.5) is 4.39 Å². The van der Waals surface area contributed by atoms with Crippen LogP contribution < -0.4 is 5.32 Å². The lowest BCUT2D eigenvalue weighted by Crippen LogP contribution is -2.36. The molecule has 1 heterocycles. The standard InChI is InChI=1S/C20H20ClFN2O2/c1-13(19-10-14-6-3-4-9-18(14)26-19)23-20(25)12-24(2)11-15-16(21)7-5-8-17(15)22/h3-10,13H,11-12H2,1-2H3,(H,23,25). The van der Waals surface area contributed by atoms with Crippen molar-refractivity contribution in [2.45, 2.75) is 19.5 Å². The van der Waals surface area contributed by atoms with Crippen LogP contribution in [0.25, 0.3) is 11.0 Å². The Hall–Kier alpha value is -2.37. The number of furan rings is 1.